The van der Waals surface area contributed by atoms with E-state index in [4.69, 9.17) is 10.3 Å². The van der Waals surface area contributed by atoms with Crippen molar-refractivity contribution in [2.24, 2.45) is 0 Å². The minimum atomic E-state index is 0.389. The average Bonchev–Trinajstić information content (AvgIpc) is 2.68. The number of hydrogen-bond acceptors (Lipinski definition) is 8. The molecule has 0 saturated carbocycles. The van der Waals surface area contributed by atoms with Crippen LogP contribution in [0.2, 0.25) is 0 Å². The molecule has 1 heterocycles. The van der Waals surface area contributed by atoms with Crippen molar-refractivity contribution in [1.82, 2.24) is 4.98 Å². The standard InChI is InChI=1S/C19H17N5OS2/c1-11-16(10-20)18(22-12-2-6-14(26)7-3-12)24-19(17(11)21)23-13-4-8-15(27-25)9-5-13/h2-9,25-26H,21H2,1H3,(H2,22,23,24). The van der Waals surface area contributed by atoms with E-state index in [0.717, 1.165) is 21.2 Å². The highest BCUT2D eigenvalue weighted by atomic mass is 32.2. The fraction of sp³-hybridized carbons (Fsp3) is 0.0526. The smallest absolute Gasteiger partial charge is 0.156 e. The highest BCUT2D eigenvalue weighted by molar-refractivity contribution is 7.93. The lowest BCUT2D eigenvalue weighted by atomic mass is 10.1. The van der Waals surface area contributed by atoms with Crippen molar-refractivity contribution >= 4 is 53.4 Å². The van der Waals surface area contributed by atoms with Gasteiger partial charge in [-0.05, 0) is 61.0 Å². The number of hydrogen-bond donors (Lipinski definition) is 5. The number of nitriles is 1. The molecule has 2 aromatic carbocycles. The molecule has 0 radical (unpaired) electrons. The fourth-order valence-electron chi connectivity index (χ4n) is 2.46. The van der Waals surface area contributed by atoms with Gasteiger partial charge < -0.3 is 20.9 Å². The second kappa shape index (κ2) is 8.22. The van der Waals surface area contributed by atoms with Crippen LogP contribution in [-0.4, -0.2) is 9.54 Å². The van der Waals surface area contributed by atoms with Gasteiger partial charge in [0.15, 0.2) is 11.6 Å². The first-order valence-corrected chi connectivity index (χ1v) is 9.18. The molecule has 8 heteroatoms. The summed E-state index contributed by atoms with van der Waals surface area (Å²) in [6, 6.07) is 16.7. The number of nitrogen functional groups attached to an aromatic ring is 1. The third-order valence-electron chi connectivity index (χ3n) is 3.96. The molecular formula is C19H17N5OS2. The van der Waals surface area contributed by atoms with Crippen molar-refractivity contribution in [2.75, 3.05) is 16.4 Å². The number of nitrogens with two attached hydrogens (primary N) is 1. The zero-order valence-electron chi connectivity index (χ0n) is 14.4. The van der Waals surface area contributed by atoms with Gasteiger partial charge in [0.1, 0.15) is 6.07 Å². The second-order valence-corrected chi connectivity index (χ2v) is 6.92. The molecular weight excluding hydrogens is 378 g/mol. The molecule has 1 aromatic heterocycles. The summed E-state index contributed by atoms with van der Waals surface area (Å²) in [7, 11) is 0. The van der Waals surface area contributed by atoms with Gasteiger partial charge in [0.2, 0.25) is 0 Å². The molecule has 27 heavy (non-hydrogen) atoms. The number of rotatable bonds is 5. The number of nitrogens with zero attached hydrogens (tertiary/aromatic N) is 2. The third-order valence-corrected chi connectivity index (χ3v) is 4.74. The maximum atomic E-state index is 9.54. The number of aromatic nitrogens is 1. The van der Waals surface area contributed by atoms with E-state index in [0.29, 0.717) is 40.5 Å². The van der Waals surface area contributed by atoms with Crippen molar-refractivity contribution in [2.45, 2.75) is 16.7 Å². The lowest BCUT2D eigenvalue weighted by Gasteiger charge is -2.16. The number of nitrogens with one attached hydrogen (secondary N) is 2. The van der Waals surface area contributed by atoms with Crippen molar-refractivity contribution in [1.29, 1.82) is 5.26 Å². The van der Waals surface area contributed by atoms with E-state index in [1.807, 2.05) is 36.4 Å². The van der Waals surface area contributed by atoms with Crippen LogP contribution in [0.15, 0.2) is 58.3 Å². The molecule has 0 spiro atoms. The van der Waals surface area contributed by atoms with Crippen LogP contribution in [0, 0.1) is 18.3 Å². The Bertz CT molecular complexity index is 999. The average molecular weight is 396 g/mol. The highest BCUT2D eigenvalue weighted by Crippen LogP contribution is 2.32. The number of benzene rings is 2. The van der Waals surface area contributed by atoms with Crippen molar-refractivity contribution < 1.29 is 4.55 Å². The predicted octanol–water partition coefficient (Wildman–Crippen LogP) is 5.18. The van der Waals surface area contributed by atoms with Crippen molar-refractivity contribution in [3.05, 3.63) is 59.7 Å². The lowest BCUT2D eigenvalue weighted by Crippen LogP contribution is -2.07. The van der Waals surface area contributed by atoms with Gasteiger partial charge in [0.25, 0.3) is 0 Å². The quantitative estimate of drug-likeness (QED) is 0.299. The highest BCUT2D eigenvalue weighted by Gasteiger charge is 2.15. The van der Waals surface area contributed by atoms with Gasteiger partial charge in [-0.25, -0.2) is 4.98 Å². The Kier molecular flexibility index (Phi) is 5.76. The van der Waals surface area contributed by atoms with E-state index in [1.165, 1.54) is 0 Å². The summed E-state index contributed by atoms with van der Waals surface area (Å²) >= 11 is 4.95. The van der Waals surface area contributed by atoms with Gasteiger partial charge in [-0.1, -0.05) is 0 Å². The van der Waals surface area contributed by atoms with Crippen LogP contribution < -0.4 is 16.4 Å². The predicted molar refractivity (Wildman–Crippen MR) is 113 cm³/mol. The molecule has 0 fully saturated rings. The Morgan fingerprint density at radius 3 is 2.15 bits per heavy atom. The molecule has 0 saturated heterocycles. The van der Waals surface area contributed by atoms with Crippen LogP contribution in [-0.2, 0) is 0 Å². The molecule has 0 bridgehead atoms. The van der Waals surface area contributed by atoms with Crippen LogP contribution in [0.3, 0.4) is 0 Å². The minimum Gasteiger partial charge on any atom is -0.395 e. The maximum absolute atomic E-state index is 9.54. The summed E-state index contributed by atoms with van der Waals surface area (Å²) in [5.74, 6) is 0.866. The van der Waals surface area contributed by atoms with Gasteiger partial charge >= 0.3 is 0 Å². The lowest BCUT2D eigenvalue weighted by molar-refractivity contribution is 0.664. The van der Waals surface area contributed by atoms with E-state index >= 15 is 0 Å². The monoisotopic (exact) mass is 395 g/mol. The summed E-state index contributed by atoms with van der Waals surface area (Å²) in [6.45, 7) is 1.79. The largest absolute Gasteiger partial charge is 0.395 e. The van der Waals surface area contributed by atoms with Gasteiger partial charge in [-0.15, -0.1) is 12.6 Å². The molecule has 3 aromatic rings. The topological polar surface area (TPSA) is 107 Å². The Morgan fingerprint density at radius 2 is 1.59 bits per heavy atom. The normalized spacial score (nSPS) is 10.3. The first-order chi connectivity index (χ1) is 13.0. The second-order valence-electron chi connectivity index (χ2n) is 5.75. The van der Waals surface area contributed by atoms with Crippen LogP contribution in [0.4, 0.5) is 28.7 Å². The first kappa shape index (κ1) is 18.9. The van der Waals surface area contributed by atoms with E-state index in [9.17, 15) is 5.26 Å². The number of thiol groups is 1. The van der Waals surface area contributed by atoms with Crippen molar-refractivity contribution in [3.63, 3.8) is 0 Å². The molecule has 0 unspecified atom stereocenters. The zero-order valence-corrected chi connectivity index (χ0v) is 16.1. The third kappa shape index (κ3) is 4.28. The van der Waals surface area contributed by atoms with Gasteiger partial charge in [-0.3, -0.25) is 0 Å². The van der Waals surface area contributed by atoms with E-state index in [2.05, 4.69) is 34.3 Å². The Hall–Kier alpha value is -2.86. The van der Waals surface area contributed by atoms with E-state index in [1.54, 1.807) is 19.1 Å². The Morgan fingerprint density at radius 1 is 1.04 bits per heavy atom. The minimum absolute atomic E-state index is 0.389. The molecule has 0 aliphatic heterocycles. The van der Waals surface area contributed by atoms with Crippen LogP contribution in [0.25, 0.3) is 0 Å². The van der Waals surface area contributed by atoms with Gasteiger partial charge in [0, 0.05) is 33.2 Å². The summed E-state index contributed by atoms with van der Waals surface area (Å²) in [5.41, 5.74) is 9.18. The zero-order chi connectivity index (χ0) is 19.4. The van der Waals surface area contributed by atoms with E-state index in [-0.39, 0.29) is 0 Å². The fourth-order valence-corrected chi connectivity index (χ4v) is 2.86. The molecule has 6 nitrogen and oxygen atoms in total. The molecule has 136 valence electrons. The molecule has 0 amide bonds. The van der Waals surface area contributed by atoms with Crippen molar-refractivity contribution in [3.8, 4) is 6.07 Å². The first-order valence-electron chi connectivity index (χ1n) is 7.96. The summed E-state index contributed by atoms with van der Waals surface area (Å²) in [5, 5.41) is 15.9. The SMILES string of the molecule is Cc1c(N)c(Nc2ccc(SO)cc2)nc(Nc2ccc(S)cc2)c1C#N. The Labute approximate surface area is 167 Å². The summed E-state index contributed by atoms with van der Waals surface area (Å²) in [6.07, 6.45) is 0. The van der Waals surface area contributed by atoms with Gasteiger partial charge in [-0.2, -0.15) is 5.26 Å². The molecule has 0 atom stereocenters. The van der Waals surface area contributed by atoms with Crippen LogP contribution in [0.1, 0.15) is 11.1 Å². The van der Waals surface area contributed by atoms with Gasteiger partial charge in [0.05, 0.1) is 11.3 Å². The molecule has 5 N–H and O–H groups in total. The number of pyridine rings is 1. The summed E-state index contributed by atoms with van der Waals surface area (Å²) < 4.78 is 9.07. The molecule has 0 aliphatic rings. The van der Waals surface area contributed by atoms with E-state index < -0.39 is 0 Å². The van der Waals surface area contributed by atoms with Crippen LogP contribution in [0.5, 0.6) is 0 Å². The summed E-state index contributed by atoms with van der Waals surface area (Å²) in [4.78, 5) is 6.09. The van der Waals surface area contributed by atoms with Crippen LogP contribution >= 0.6 is 24.7 Å². The number of anilines is 5. The molecule has 3 rings (SSSR count). The maximum Gasteiger partial charge on any atom is 0.156 e. The Balaban J connectivity index is 1.97. The molecule has 0 aliphatic carbocycles.